The molecule has 40 heavy (non-hydrogen) atoms. The average Bonchev–Trinajstić information content (AvgIpc) is 3.63. The molecule has 0 saturated heterocycles. The van der Waals surface area contributed by atoms with Gasteiger partial charge in [0.1, 0.15) is 11.9 Å². The normalized spacial score (nSPS) is 17.2. The van der Waals surface area contributed by atoms with E-state index >= 15 is 0 Å². The third kappa shape index (κ3) is 6.03. The molecule has 9 heteroatoms. The molecule has 9 nitrogen and oxygen atoms in total. The molecule has 2 aromatic heterocycles. The summed E-state index contributed by atoms with van der Waals surface area (Å²) >= 11 is 0. The van der Waals surface area contributed by atoms with Crippen LogP contribution in [0.1, 0.15) is 91.5 Å². The molecule has 5 rings (SSSR count). The van der Waals surface area contributed by atoms with E-state index in [1.54, 1.807) is 7.11 Å². The fourth-order valence-corrected chi connectivity index (χ4v) is 5.57. The second kappa shape index (κ2) is 12.4. The largest absolute Gasteiger partial charge is 0.497 e. The molecule has 1 fully saturated rings. The lowest BCUT2D eigenvalue weighted by Gasteiger charge is -2.29. The molecule has 0 aliphatic heterocycles. The monoisotopic (exact) mass is 543 g/mol. The zero-order valence-electron chi connectivity index (χ0n) is 23.3. The Morgan fingerprint density at radius 1 is 1.05 bits per heavy atom. The van der Waals surface area contributed by atoms with Gasteiger partial charge in [-0.15, -0.1) is 5.10 Å². The lowest BCUT2D eigenvalue weighted by Crippen LogP contribution is -2.25. The Morgan fingerprint density at radius 2 is 1.75 bits per heavy atom. The van der Waals surface area contributed by atoms with Crippen molar-refractivity contribution < 1.29 is 19.4 Å². The van der Waals surface area contributed by atoms with Gasteiger partial charge >= 0.3 is 5.97 Å². The van der Waals surface area contributed by atoms with Gasteiger partial charge in [0.15, 0.2) is 0 Å². The maximum absolute atomic E-state index is 11.8. The number of aromatic carboxylic acids is 1. The van der Waals surface area contributed by atoms with Crippen LogP contribution in [-0.4, -0.2) is 49.5 Å². The van der Waals surface area contributed by atoms with Crippen molar-refractivity contribution in [1.82, 2.24) is 25.2 Å². The van der Waals surface area contributed by atoms with Crippen LogP contribution in [0.4, 0.5) is 0 Å². The van der Waals surface area contributed by atoms with Crippen LogP contribution in [-0.2, 0) is 6.54 Å². The van der Waals surface area contributed by atoms with Gasteiger partial charge in [-0.3, -0.25) is 5.10 Å². The molecule has 4 aromatic rings. The van der Waals surface area contributed by atoms with E-state index in [4.69, 9.17) is 9.47 Å². The Bertz CT molecular complexity index is 1400. The van der Waals surface area contributed by atoms with Crippen LogP contribution in [0.3, 0.4) is 0 Å². The number of hydrogen-bond donors (Lipinski definition) is 2. The van der Waals surface area contributed by atoms with E-state index in [1.165, 1.54) is 10.2 Å². The molecule has 0 amide bonds. The first-order valence-corrected chi connectivity index (χ1v) is 14.1. The lowest BCUT2D eigenvalue weighted by molar-refractivity contribution is 0.0676. The van der Waals surface area contributed by atoms with Crippen LogP contribution in [0, 0.1) is 0 Å². The van der Waals surface area contributed by atoms with E-state index in [0.717, 1.165) is 66.8 Å². The first-order valence-electron chi connectivity index (χ1n) is 14.1. The zero-order valence-corrected chi connectivity index (χ0v) is 23.3. The summed E-state index contributed by atoms with van der Waals surface area (Å²) in [5, 5.41) is 25.4. The Morgan fingerprint density at radius 3 is 2.38 bits per heavy atom. The molecule has 1 saturated carbocycles. The minimum absolute atomic E-state index is 0.0877. The van der Waals surface area contributed by atoms with Crippen LogP contribution < -0.4 is 9.47 Å². The number of methoxy groups -OCH3 is 1. The SMILES string of the molecule is CCC(CC)c1cc(-c2ccc([C@H]3CC[C@H](Oc4c(C(=O)O)nnn4Cc4ccc(OC)cc4)CC3)cc2)[nH]n1. The van der Waals surface area contributed by atoms with Gasteiger partial charge in [-0.25, -0.2) is 9.48 Å². The quantitative estimate of drug-likeness (QED) is 0.224. The second-order valence-corrected chi connectivity index (χ2v) is 10.5. The van der Waals surface area contributed by atoms with Crippen molar-refractivity contribution in [2.45, 2.75) is 76.9 Å². The third-order valence-corrected chi connectivity index (χ3v) is 8.03. The number of H-pyrrole nitrogens is 1. The Hall–Kier alpha value is -4.14. The van der Waals surface area contributed by atoms with Gasteiger partial charge in [0.2, 0.25) is 11.6 Å². The summed E-state index contributed by atoms with van der Waals surface area (Å²) in [4.78, 5) is 11.8. The fraction of sp³-hybridized carbons (Fsp3) is 0.419. The van der Waals surface area contributed by atoms with Gasteiger partial charge in [0, 0.05) is 5.92 Å². The predicted octanol–water partition coefficient (Wildman–Crippen LogP) is 6.43. The molecule has 1 aliphatic rings. The predicted molar refractivity (Wildman–Crippen MR) is 152 cm³/mol. The summed E-state index contributed by atoms with van der Waals surface area (Å²) in [5.41, 5.74) is 5.44. The highest BCUT2D eigenvalue weighted by atomic mass is 16.5. The molecule has 2 N–H and O–H groups in total. The lowest BCUT2D eigenvalue weighted by atomic mass is 9.82. The van der Waals surface area contributed by atoms with Gasteiger partial charge in [0.25, 0.3) is 0 Å². The number of nitrogens with one attached hydrogen (secondary N) is 1. The topological polar surface area (TPSA) is 115 Å². The second-order valence-electron chi connectivity index (χ2n) is 10.5. The van der Waals surface area contributed by atoms with Gasteiger partial charge in [-0.05, 0) is 79.3 Å². The van der Waals surface area contributed by atoms with Gasteiger partial charge in [-0.1, -0.05) is 55.5 Å². The third-order valence-electron chi connectivity index (χ3n) is 8.03. The van der Waals surface area contributed by atoms with Crippen LogP contribution >= 0.6 is 0 Å². The highest BCUT2D eigenvalue weighted by molar-refractivity contribution is 5.87. The van der Waals surface area contributed by atoms with Crippen molar-refractivity contribution in [2.75, 3.05) is 7.11 Å². The number of nitrogens with zero attached hydrogens (tertiary/aromatic N) is 4. The molecular weight excluding hydrogens is 506 g/mol. The van der Waals surface area contributed by atoms with Crippen LogP contribution in [0.5, 0.6) is 11.6 Å². The standard InChI is InChI=1S/C31H37N5O4/c1-4-21(5-2)27-18-28(33-32-27)24-10-8-22(9-11-24)23-12-16-26(17-13-23)40-30-29(31(37)38)34-35-36(30)19-20-6-14-25(39-3)15-7-20/h6-11,14-15,18,21,23,26H,4-5,12-13,16-17,19H2,1-3H3,(H,32,33)(H,37,38)/t23-,26-. The van der Waals surface area contributed by atoms with E-state index < -0.39 is 5.97 Å². The Labute approximate surface area is 234 Å². The molecule has 210 valence electrons. The van der Waals surface area contributed by atoms with E-state index in [2.05, 4.69) is 64.7 Å². The number of rotatable bonds is 11. The minimum Gasteiger partial charge on any atom is -0.497 e. The summed E-state index contributed by atoms with van der Waals surface area (Å²) in [5.74, 6) is 0.753. The molecule has 1 aliphatic carbocycles. The number of carboxylic acid groups (broad SMARTS) is 1. The first-order chi connectivity index (χ1) is 19.5. The van der Waals surface area contributed by atoms with E-state index in [-0.39, 0.29) is 17.7 Å². The number of ether oxygens (including phenoxy) is 2. The summed E-state index contributed by atoms with van der Waals surface area (Å²) in [7, 11) is 1.62. The van der Waals surface area contributed by atoms with Crippen molar-refractivity contribution in [1.29, 1.82) is 0 Å². The molecule has 2 aromatic carbocycles. The highest BCUT2D eigenvalue weighted by Crippen LogP contribution is 2.36. The highest BCUT2D eigenvalue weighted by Gasteiger charge is 2.28. The van der Waals surface area contributed by atoms with Gasteiger partial charge < -0.3 is 14.6 Å². The fourth-order valence-electron chi connectivity index (χ4n) is 5.57. The van der Waals surface area contributed by atoms with E-state index in [0.29, 0.717) is 18.4 Å². The van der Waals surface area contributed by atoms with Gasteiger partial charge in [-0.2, -0.15) is 5.10 Å². The molecule has 0 spiro atoms. The summed E-state index contributed by atoms with van der Waals surface area (Å²) in [6.07, 6.45) is 5.69. The molecular formula is C31H37N5O4. The number of carbonyl (C=O) groups is 1. The number of aromatic nitrogens is 5. The molecule has 0 atom stereocenters. The maximum atomic E-state index is 11.8. The van der Waals surface area contributed by atoms with Crippen LogP contribution in [0.25, 0.3) is 11.3 Å². The number of carboxylic acids is 1. The summed E-state index contributed by atoms with van der Waals surface area (Å²) < 4.78 is 13.0. The number of benzene rings is 2. The van der Waals surface area contributed by atoms with Crippen molar-refractivity contribution in [3.05, 3.63) is 77.1 Å². The van der Waals surface area contributed by atoms with Crippen molar-refractivity contribution >= 4 is 5.97 Å². The summed E-state index contributed by atoms with van der Waals surface area (Å²) in [6, 6.07) is 18.5. The van der Waals surface area contributed by atoms with Gasteiger partial charge in [0.05, 0.1) is 25.0 Å². The van der Waals surface area contributed by atoms with Crippen molar-refractivity contribution in [3.63, 3.8) is 0 Å². The molecule has 2 heterocycles. The van der Waals surface area contributed by atoms with Crippen molar-refractivity contribution in [3.8, 4) is 22.9 Å². The van der Waals surface area contributed by atoms with E-state index in [1.807, 2.05) is 24.3 Å². The minimum atomic E-state index is -1.14. The first kappa shape index (κ1) is 27.4. The van der Waals surface area contributed by atoms with Crippen LogP contribution in [0.15, 0.2) is 54.6 Å². The number of hydrogen-bond acceptors (Lipinski definition) is 6. The molecule has 0 radical (unpaired) electrons. The number of aromatic amines is 1. The van der Waals surface area contributed by atoms with E-state index in [9.17, 15) is 9.90 Å². The zero-order chi connectivity index (χ0) is 28.1. The molecule has 0 bridgehead atoms. The average molecular weight is 544 g/mol. The van der Waals surface area contributed by atoms with Crippen molar-refractivity contribution in [2.24, 2.45) is 0 Å². The Balaban J connectivity index is 1.21. The smallest absolute Gasteiger partial charge is 0.362 e. The molecule has 0 unspecified atom stereocenters. The Kier molecular flexibility index (Phi) is 8.48. The maximum Gasteiger partial charge on any atom is 0.362 e. The summed E-state index contributed by atoms with van der Waals surface area (Å²) in [6.45, 7) is 4.77. The van der Waals surface area contributed by atoms with Crippen LogP contribution in [0.2, 0.25) is 0 Å².